The van der Waals surface area contributed by atoms with Gasteiger partial charge in [-0.3, -0.25) is 14.4 Å². The van der Waals surface area contributed by atoms with E-state index < -0.39 is 17.6 Å². The van der Waals surface area contributed by atoms with Gasteiger partial charge in [0.05, 0.1) is 23.1 Å². The van der Waals surface area contributed by atoms with Gasteiger partial charge in [-0.2, -0.15) is 13.2 Å². The Morgan fingerprint density at radius 1 is 1.16 bits per heavy atom. The summed E-state index contributed by atoms with van der Waals surface area (Å²) in [6.07, 6.45) is 3.72. The number of benzene rings is 1. The van der Waals surface area contributed by atoms with E-state index in [-0.39, 0.29) is 29.0 Å². The Bertz CT molecular complexity index is 1780. The highest BCUT2D eigenvalue weighted by Gasteiger charge is 2.35. The van der Waals surface area contributed by atoms with Crippen LogP contribution in [0.25, 0.3) is 11.8 Å². The third-order valence-electron chi connectivity index (χ3n) is 7.78. The van der Waals surface area contributed by atoms with Gasteiger partial charge in [-0.1, -0.05) is 6.08 Å². The molecule has 1 saturated heterocycles. The molecule has 0 bridgehead atoms. The van der Waals surface area contributed by atoms with Gasteiger partial charge in [-0.15, -0.1) is 0 Å². The number of hydrogen-bond acceptors (Lipinski definition) is 5. The highest BCUT2D eigenvalue weighted by molar-refractivity contribution is 6.04. The first-order valence-electron chi connectivity index (χ1n) is 14.3. The zero-order valence-corrected chi connectivity index (χ0v) is 25.5. The van der Waals surface area contributed by atoms with E-state index in [2.05, 4.69) is 25.9 Å². The Balaban J connectivity index is 1.34. The van der Waals surface area contributed by atoms with Crippen LogP contribution in [0.15, 0.2) is 59.8 Å². The molecule has 10 nitrogen and oxygen atoms in total. The van der Waals surface area contributed by atoms with Crippen molar-refractivity contribution in [2.24, 2.45) is 5.92 Å². The number of allylic oxidation sites excluding steroid dienone is 3. The molecule has 0 radical (unpaired) electrons. The maximum atomic E-state index is 13.7. The van der Waals surface area contributed by atoms with Crippen molar-refractivity contribution in [1.29, 1.82) is 0 Å². The fourth-order valence-electron chi connectivity index (χ4n) is 5.45. The van der Waals surface area contributed by atoms with Gasteiger partial charge in [0.25, 0.3) is 17.7 Å². The van der Waals surface area contributed by atoms with Crippen molar-refractivity contribution >= 4 is 23.8 Å². The minimum absolute atomic E-state index is 0.147. The fraction of sp³-hybridized carbons (Fsp3) is 0.312. The molecule has 3 amide bonds. The molecule has 13 heteroatoms. The smallest absolute Gasteiger partial charge is 0.358 e. The van der Waals surface area contributed by atoms with Crippen molar-refractivity contribution in [2.75, 3.05) is 27.2 Å². The fourth-order valence-corrected chi connectivity index (χ4v) is 5.45. The number of fused-ring (bicyclic) bond motifs is 1. The lowest BCUT2D eigenvalue weighted by Crippen LogP contribution is -2.31. The van der Waals surface area contributed by atoms with Gasteiger partial charge in [-0.05, 0) is 77.2 Å². The van der Waals surface area contributed by atoms with Crippen LogP contribution >= 0.6 is 0 Å². The number of nitrogens with zero attached hydrogens (tertiary/aromatic N) is 3. The highest BCUT2D eigenvalue weighted by atomic mass is 19.4. The lowest BCUT2D eigenvalue weighted by molar-refractivity contribution is -0.137. The number of hydrogen-bond donors (Lipinski definition) is 4. The number of aryl methyl sites for hydroxylation is 2. The maximum Gasteiger partial charge on any atom is 0.416 e. The van der Waals surface area contributed by atoms with E-state index in [0.29, 0.717) is 59.1 Å². The number of carbonyl (C=O) groups excluding carboxylic acids is 3. The second-order valence-corrected chi connectivity index (χ2v) is 11.5. The van der Waals surface area contributed by atoms with E-state index in [1.54, 1.807) is 38.3 Å². The van der Waals surface area contributed by atoms with Crippen LogP contribution in [-0.4, -0.2) is 64.3 Å². The van der Waals surface area contributed by atoms with Gasteiger partial charge in [0, 0.05) is 64.8 Å². The molecular weight excluding hydrogens is 587 g/mol. The van der Waals surface area contributed by atoms with Crippen LogP contribution in [0.3, 0.4) is 0 Å². The van der Waals surface area contributed by atoms with Gasteiger partial charge in [0.15, 0.2) is 0 Å². The molecule has 0 saturated carbocycles. The second kappa shape index (κ2) is 12.2. The van der Waals surface area contributed by atoms with E-state index in [1.165, 1.54) is 17.0 Å². The van der Waals surface area contributed by atoms with E-state index >= 15 is 0 Å². The molecular formula is C32H34F3N7O3. The topological polar surface area (TPSA) is 124 Å². The highest BCUT2D eigenvalue weighted by Crippen LogP contribution is 2.36. The number of likely N-dealkylation sites (N-methyl/N-ethyl adjacent to an activating group) is 1. The summed E-state index contributed by atoms with van der Waals surface area (Å²) in [5, 5.41) is 8.43. The minimum atomic E-state index is -4.66. The maximum absolute atomic E-state index is 13.7. The summed E-state index contributed by atoms with van der Waals surface area (Å²) in [6.45, 7) is 6.53. The van der Waals surface area contributed by atoms with E-state index in [4.69, 9.17) is 0 Å². The molecule has 1 atom stereocenters. The Kier molecular flexibility index (Phi) is 8.57. The molecule has 3 heterocycles. The molecule has 3 aromatic rings. The molecule has 236 valence electrons. The summed E-state index contributed by atoms with van der Waals surface area (Å²) in [5.41, 5.74) is 3.61. The number of nitrogens with one attached hydrogen (secondary N) is 4. The minimum Gasteiger partial charge on any atom is -0.358 e. The van der Waals surface area contributed by atoms with Crippen LogP contribution in [0.4, 0.5) is 13.2 Å². The van der Waals surface area contributed by atoms with E-state index in [1.807, 2.05) is 25.9 Å². The predicted octanol–water partition coefficient (Wildman–Crippen LogP) is 4.17. The summed E-state index contributed by atoms with van der Waals surface area (Å²) in [4.78, 5) is 48.2. The molecule has 45 heavy (non-hydrogen) atoms. The number of rotatable bonds is 8. The first-order chi connectivity index (χ1) is 21.2. The van der Waals surface area contributed by atoms with Crippen LogP contribution in [0.2, 0.25) is 0 Å². The number of H-pyrrole nitrogens is 1. The Hall–Kier alpha value is -4.91. The van der Waals surface area contributed by atoms with E-state index in [9.17, 15) is 27.6 Å². The Morgan fingerprint density at radius 2 is 1.91 bits per heavy atom. The third kappa shape index (κ3) is 6.78. The lowest BCUT2D eigenvalue weighted by atomic mass is 9.90. The van der Waals surface area contributed by atoms with Crippen molar-refractivity contribution in [3.63, 3.8) is 0 Å². The van der Waals surface area contributed by atoms with Crippen molar-refractivity contribution in [2.45, 2.75) is 33.4 Å². The summed E-state index contributed by atoms with van der Waals surface area (Å²) in [7, 11) is 3.84. The molecule has 2 aliphatic rings. The van der Waals surface area contributed by atoms with Gasteiger partial charge >= 0.3 is 6.18 Å². The molecule has 1 fully saturated rings. The third-order valence-corrected chi connectivity index (χ3v) is 7.78. The molecule has 1 aliphatic carbocycles. The van der Waals surface area contributed by atoms with Crippen LogP contribution in [0.5, 0.6) is 0 Å². The number of aromatic nitrogens is 3. The lowest BCUT2D eigenvalue weighted by Gasteiger charge is -2.18. The number of carbonyl (C=O) groups is 3. The number of amides is 3. The van der Waals surface area contributed by atoms with Crippen molar-refractivity contribution in [3.05, 3.63) is 99.2 Å². The molecule has 1 aromatic carbocycles. The molecule has 1 aliphatic heterocycles. The Morgan fingerprint density at radius 3 is 2.58 bits per heavy atom. The summed E-state index contributed by atoms with van der Waals surface area (Å²) < 4.78 is 42.5. The summed E-state index contributed by atoms with van der Waals surface area (Å²) >= 11 is 0. The normalized spacial score (nSPS) is 17.2. The average Bonchev–Trinajstić information content (AvgIpc) is 3.62. The summed E-state index contributed by atoms with van der Waals surface area (Å²) in [6, 6.07) is 3.12. The van der Waals surface area contributed by atoms with Crippen molar-refractivity contribution in [3.8, 4) is 5.69 Å². The molecule has 4 N–H and O–H groups in total. The molecule has 2 aromatic heterocycles. The quantitative estimate of drug-likeness (QED) is 0.281. The number of halogens is 3. The van der Waals surface area contributed by atoms with Gasteiger partial charge < -0.3 is 30.4 Å². The van der Waals surface area contributed by atoms with Crippen LogP contribution in [0, 0.1) is 26.7 Å². The average molecular weight is 622 g/mol. The first kappa shape index (κ1) is 31.5. The van der Waals surface area contributed by atoms with Crippen LogP contribution in [0.1, 0.15) is 55.3 Å². The molecule has 0 spiro atoms. The van der Waals surface area contributed by atoms with Crippen molar-refractivity contribution in [1.82, 2.24) is 35.4 Å². The van der Waals surface area contributed by atoms with Crippen molar-refractivity contribution < 1.29 is 27.6 Å². The number of imidazole rings is 1. The monoisotopic (exact) mass is 621 g/mol. The van der Waals surface area contributed by atoms with Gasteiger partial charge in [0.2, 0.25) is 0 Å². The van der Waals surface area contributed by atoms with Crippen LogP contribution < -0.4 is 16.0 Å². The molecule has 5 rings (SSSR count). The standard InChI is InChI=1S/C32H34F3N7O3/c1-17-15-42(16-37-17)23-11-20(10-21(12-23)32(33,34)35)29(43)39-22-6-7-24-25(30(44)40-27(24)13-22)14-26-18(2)28(19(3)38-26)31(45)36-8-9-41(4)5/h6,10-16,24,38H,7-9H2,1-5H3,(H,36,45)(H,39,43)(H,40,44). The molecule has 1 unspecified atom stereocenters. The largest absolute Gasteiger partial charge is 0.416 e. The van der Waals surface area contributed by atoms with Gasteiger partial charge in [0.1, 0.15) is 0 Å². The number of aromatic amines is 1. The van der Waals surface area contributed by atoms with Crippen LogP contribution in [-0.2, 0) is 11.0 Å². The zero-order chi connectivity index (χ0) is 32.6. The van der Waals surface area contributed by atoms with E-state index in [0.717, 1.165) is 17.7 Å². The Labute approximate surface area is 258 Å². The zero-order valence-electron chi connectivity index (χ0n) is 25.5. The first-order valence-corrected chi connectivity index (χ1v) is 14.3. The predicted molar refractivity (Wildman–Crippen MR) is 162 cm³/mol. The summed E-state index contributed by atoms with van der Waals surface area (Å²) in [5.74, 6) is -1.55. The number of alkyl halides is 3. The van der Waals surface area contributed by atoms with Gasteiger partial charge in [-0.25, -0.2) is 4.98 Å². The second-order valence-electron chi connectivity index (χ2n) is 11.5. The SMILES string of the molecule is Cc1cn(-c2cc(C(=O)NC3=CCC4C(=C3)NC(=O)C4=Cc3[nH]c(C)c(C(=O)NCCN(C)C)c3C)cc(C(F)(F)F)c2)cn1.